The van der Waals surface area contributed by atoms with Gasteiger partial charge < -0.3 is 19.3 Å². The van der Waals surface area contributed by atoms with Gasteiger partial charge in [0.05, 0.1) is 6.61 Å². The zero-order chi connectivity index (χ0) is 17.4. The topological polar surface area (TPSA) is 65.0 Å². The van der Waals surface area contributed by atoms with Crippen molar-refractivity contribution in [3.63, 3.8) is 0 Å². The Balaban J connectivity index is 2.07. The summed E-state index contributed by atoms with van der Waals surface area (Å²) in [6.45, 7) is 5.88. The summed E-state index contributed by atoms with van der Waals surface area (Å²) in [4.78, 5) is 11.0. The minimum atomic E-state index is -0.913. The summed E-state index contributed by atoms with van der Waals surface area (Å²) in [5.41, 5.74) is 0. The van der Waals surface area contributed by atoms with Gasteiger partial charge in [0, 0.05) is 16.8 Å². The van der Waals surface area contributed by atoms with Gasteiger partial charge in [-0.2, -0.15) is 0 Å². The number of carbonyl (C=O) groups excluding carboxylic acids is 1. The lowest BCUT2D eigenvalue weighted by Crippen LogP contribution is -2.24. The van der Waals surface area contributed by atoms with Gasteiger partial charge in [-0.15, -0.1) is 0 Å². The highest BCUT2D eigenvalue weighted by Gasteiger charge is 2.11. The third-order valence-electron chi connectivity index (χ3n) is 3.32. The number of benzene rings is 2. The Bertz CT molecular complexity index is 695. The van der Waals surface area contributed by atoms with Crippen molar-refractivity contribution in [1.29, 1.82) is 0 Å². The van der Waals surface area contributed by atoms with Crippen molar-refractivity contribution in [3.05, 3.63) is 49.1 Å². The van der Waals surface area contributed by atoms with Gasteiger partial charge >= 0.3 is 5.97 Å². The molecule has 0 bridgehead atoms. The number of hydrogen-bond donors (Lipinski definition) is 1. The molecule has 0 saturated heterocycles. The standard InChI is InChI=1S/C19H22O5/c1-3-11-22-17-9-10-18(16-8-6-5-7-15(16)17)23-12-14(20)13-24-19(21)4-2/h4-10,14,20H,2-3,11-13H2,1H3. The number of aliphatic hydroxyl groups is 1. The largest absolute Gasteiger partial charge is 0.493 e. The molecule has 2 aromatic rings. The summed E-state index contributed by atoms with van der Waals surface area (Å²) in [5.74, 6) is 0.876. The first-order valence-electron chi connectivity index (χ1n) is 7.90. The molecule has 24 heavy (non-hydrogen) atoms. The molecule has 1 N–H and O–H groups in total. The maximum absolute atomic E-state index is 11.0. The van der Waals surface area contributed by atoms with E-state index in [1.54, 1.807) is 0 Å². The van der Waals surface area contributed by atoms with Gasteiger partial charge in [0.15, 0.2) is 0 Å². The van der Waals surface area contributed by atoms with E-state index in [0.29, 0.717) is 12.4 Å². The average molecular weight is 330 g/mol. The zero-order valence-corrected chi connectivity index (χ0v) is 13.7. The van der Waals surface area contributed by atoms with Crippen molar-refractivity contribution in [2.45, 2.75) is 19.4 Å². The Labute approximate surface area is 141 Å². The fourth-order valence-electron chi connectivity index (χ4n) is 2.18. The number of carbonyl (C=O) groups is 1. The second-order valence-electron chi connectivity index (χ2n) is 5.25. The number of rotatable bonds is 9. The van der Waals surface area contributed by atoms with E-state index in [1.165, 1.54) is 0 Å². The molecular formula is C19H22O5. The first-order chi connectivity index (χ1) is 11.7. The van der Waals surface area contributed by atoms with Gasteiger partial charge in [0.2, 0.25) is 0 Å². The predicted molar refractivity (Wildman–Crippen MR) is 92.4 cm³/mol. The lowest BCUT2D eigenvalue weighted by atomic mass is 10.1. The predicted octanol–water partition coefficient (Wildman–Crippen LogP) is 3.10. The highest BCUT2D eigenvalue weighted by Crippen LogP contribution is 2.33. The van der Waals surface area contributed by atoms with E-state index in [9.17, 15) is 9.90 Å². The molecule has 0 fully saturated rings. The molecule has 0 aliphatic carbocycles. The molecule has 0 saturated carbocycles. The van der Waals surface area contributed by atoms with Crippen LogP contribution in [-0.4, -0.2) is 37.0 Å². The second-order valence-corrected chi connectivity index (χ2v) is 5.25. The molecule has 0 aromatic heterocycles. The zero-order valence-electron chi connectivity index (χ0n) is 13.7. The Morgan fingerprint density at radius 2 is 1.75 bits per heavy atom. The van der Waals surface area contributed by atoms with Gasteiger partial charge in [-0.1, -0.05) is 37.8 Å². The SMILES string of the molecule is C=CC(=O)OCC(O)COc1ccc(OCCC)c2ccccc12. The van der Waals surface area contributed by atoms with Gasteiger partial charge in [-0.3, -0.25) is 0 Å². The van der Waals surface area contributed by atoms with Gasteiger partial charge in [-0.05, 0) is 18.6 Å². The first kappa shape index (κ1) is 17.8. The maximum atomic E-state index is 11.0. The van der Waals surface area contributed by atoms with Crippen LogP contribution in [0.2, 0.25) is 0 Å². The van der Waals surface area contributed by atoms with E-state index < -0.39 is 12.1 Å². The van der Waals surface area contributed by atoms with Crippen LogP contribution in [0.3, 0.4) is 0 Å². The normalized spacial score (nSPS) is 11.8. The summed E-state index contributed by atoms with van der Waals surface area (Å²) in [6, 6.07) is 11.4. The van der Waals surface area contributed by atoms with Gasteiger partial charge in [0.1, 0.15) is 30.8 Å². The van der Waals surface area contributed by atoms with Crippen molar-refractivity contribution in [3.8, 4) is 11.5 Å². The first-order valence-corrected chi connectivity index (χ1v) is 7.90. The van der Waals surface area contributed by atoms with E-state index in [-0.39, 0.29) is 13.2 Å². The second kappa shape index (κ2) is 8.93. The molecule has 2 rings (SSSR count). The van der Waals surface area contributed by atoms with E-state index in [2.05, 4.69) is 13.5 Å². The number of aliphatic hydroxyl groups excluding tert-OH is 1. The number of hydrogen-bond acceptors (Lipinski definition) is 5. The van der Waals surface area contributed by atoms with E-state index in [4.69, 9.17) is 14.2 Å². The lowest BCUT2D eigenvalue weighted by molar-refractivity contribution is -0.141. The van der Waals surface area contributed by atoms with Crippen LogP contribution in [0.15, 0.2) is 49.1 Å². The van der Waals surface area contributed by atoms with Crippen LogP contribution < -0.4 is 9.47 Å². The van der Waals surface area contributed by atoms with Crippen LogP contribution >= 0.6 is 0 Å². The summed E-state index contributed by atoms with van der Waals surface area (Å²) < 4.78 is 16.2. The molecule has 0 aliphatic rings. The van der Waals surface area contributed by atoms with Crippen molar-refractivity contribution >= 4 is 16.7 Å². The average Bonchev–Trinajstić information content (AvgIpc) is 2.62. The van der Waals surface area contributed by atoms with Crippen LogP contribution in [0.5, 0.6) is 11.5 Å². The Morgan fingerprint density at radius 1 is 1.12 bits per heavy atom. The van der Waals surface area contributed by atoms with E-state index in [0.717, 1.165) is 29.0 Å². The molecule has 5 heteroatoms. The number of ether oxygens (including phenoxy) is 3. The Hall–Kier alpha value is -2.53. The third kappa shape index (κ3) is 4.73. The molecule has 0 heterocycles. The highest BCUT2D eigenvalue weighted by atomic mass is 16.5. The van der Waals surface area contributed by atoms with Crippen LogP contribution in [0.25, 0.3) is 10.8 Å². The monoisotopic (exact) mass is 330 g/mol. The van der Waals surface area contributed by atoms with Crippen molar-refractivity contribution in [2.75, 3.05) is 19.8 Å². The highest BCUT2D eigenvalue weighted by molar-refractivity contribution is 5.93. The smallest absolute Gasteiger partial charge is 0.330 e. The fourth-order valence-corrected chi connectivity index (χ4v) is 2.18. The molecular weight excluding hydrogens is 308 g/mol. The summed E-state index contributed by atoms with van der Waals surface area (Å²) in [5, 5.41) is 11.7. The molecule has 0 amide bonds. The minimum absolute atomic E-state index is 0.0174. The molecule has 1 unspecified atom stereocenters. The quantitative estimate of drug-likeness (QED) is 0.565. The summed E-state index contributed by atoms with van der Waals surface area (Å²) in [7, 11) is 0. The van der Waals surface area contributed by atoms with Crippen LogP contribution in [0.4, 0.5) is 0 Å². The van der Waals surface area contributed by atoms with Crippen LogP contribution in [-0.2, 0) is 9.53 Å². The molecule has 2 aromatic carbocycles. The minimum Gasteiger partial charge on any atom is -0.493 e. The molecule has 128 valence electrons. The maximum Gasteiger partial charge on any atom is 0.330 e. The summed E-state index contributed by atoms with van der Waals surface area (Å²) >= 11 is 0. The molecule has 1 atom stereocenters. The lowest BCUT2D eigenvalue weighted by Gasteiger charge is -2.15. The van der Waals surface area contributed by atoms with Crippen molar-refractivity contribution in [1.82, 2.24) is 0 Å². The number of fused-ring (bicyclic) bond motifs is 1. The molecule has 0 spiro atoms. The van der Waals surface area contributed by atoms with E-state index in [1.807, 2.05) is 36.4 Å². The third-order valence-corrected chi connectivity index (χ3v) is 3.32. The molecule has 5 nitrogen and oxygen atoms in total. The molecule has 0 aliphatic heterocycles. The van der Waals surface area contributed by atoms with Gasteiger partial charge in [-0.25, -0.2) is 4.79 Å². The van der Waals surface area contributed by atoms with Crippen LogP contribution in [0.1, 0.15) is 13.3 Å². The number of esters is 1. The summed E-state index contributed by atoms with van der Waals surface area (Å²) in [6.07, 6.45) is 1.07. The van der Waals surface area contributed by atoms with Crippen molar-refractivity contribution < 1.29 is 24.1 Å². The fraction of sp³-hybridized carbons (Fsp3) is 0.316. The Morgan fingerprint density at radius 3 is 2.33 bits per heavy atom. The van der Waals surface area contributed by atoms with Crippen LogP contribution in [0, 0.1) is 0 Å². The van der Waals surface area contributed by atoms with E-state index >= 15 is 0 Å². The molecule has 0 radical (unpaired) electrons. The van der Waals surface area contributed by atoms with Crippen molar-refractivity contribution in [2.24, 2.45) is 0 Å². The Kier molecular flexibility index (Phi) is 6.63. The van der Waals surface area contributed by atoms with Gasteiger partial charge in [0.25, 0.3) is 0 Å².